The summed E-state index contributed by atoms with van der Waals surface area (Å²) in [5.74, 6) is -0.0858. The second kappa shape index (κ2) is 9.55. The molecule has 9 heteroatoms. The number of rotatable bonds is 8. The van der Waals surface area contributed by atoms with Crippen molar-refractivity contribution in [1.82, 2.24) is 24.9 Å². The Bertz CT molecular complexity index is 1070. The van der Waals surface area contributed by atoms with E-state index < -0.39 is 11.9 Å². The van der Waals surface area contributed by atoms with Gasteiger partial charge in [0.05, 0.1) is 12.7 Å². The molecule has 2 N–H and O–H groups in total. The van der Waals surface area contributed by atoms with Gasteiger partial charge in [0, 0.05) is 30.9 Å². The number of amides is 1. The van der Waals surface area contributed by atoms with E-state index in [1.165, 1.54) is 23.1 Å². The Morgan fingerprint density at radius 3 is 2.77 bits per heavy atom. The van der Waals surface area contributed by atoms with Crippen molar-refractivity contribution in [3.8, 4) is 5.75 Å². The summed E-state index contributed by atoms with van der Waals surface area (Å²) in [6.07, 6.45) is 3.63. The van der Waals surface area contributed by atoms with Gasteiger partial charge in [-0.25, -0.2) is 9.37 Å². The number of nitrogens with zero attached hydrogens (tertiary/aromatic N) is 5. The van der Waals surface area contributed by atoms with Crippen LogP contribution in [0.1, 0.15) is 54.1 Å². The molecule has 0 radical (unpaired) electrons. The Kier molecular flexibility index (Phi) is 6.84. The molecule has 164 valence electrons. The van der Waals surface area contributed by atoms with Gasteiger partial charge in [0.1, 0.15) is 17.6 Å². The van der Waals surface area contributed by atoms with E-state index in [1.807, 2.05) is 19.9 Å². The molecule has 0 spiro atoms. The summed E-state index contributed by atoms with van der Waals surface area (Å²) >= 11 is 0. The number of nitrogen functional groups attached to an aromatic ring is 1. The molecule has 1 atom stereocenters. The number of ether oxygens (including phenoxy) is 1. The number of carbonyl (C=O) groups is 1. The van der Waals surface area contributed by atoms with Crippen LogP contribution in [0, 0.1) is 5.82 Å². The van der Waals surface area contributed by atoms with Crippen LogP contribution in [0.5, 0.6) is 5.75 Å². The van der Waals surface area contributed by atoms with Gasteiger partial charge in [-0.1, -0.05) is 12.1 Å². The third-order valence-electron chi connectivity index (χ3n) is 4.99. The minimum Gasteiger partial charge on any atom is -0.482 e. The summed E-state index contributed by atoms with van der Waals surface area (Å²) in [5.41, 5.74) is 8.35. The van der Waals surface area contributed by atoms with Crippen molar-refractivity contribution in [2.24, 2.45) is 0 Å². The number of nitrogens with two attached hydrogens (primary N) is 1. The molecule has 0 saturated carbocycles. The van der Waals surface area contributed by atoms with Gasteiger partial charge >= 0.3 is 0 Å². The monoisotopic (exact) mass is 426 g/mol. The zero-order valence-corrected chi connectivity index (χ0v) is 18.2. The molecule has 8 nitrogen and oxygen atoms in total. The molecule has 3 aromatic rings. The smallest absolute Gasteiger partial charge is 0.254 e. The van der Waals surface area contributed by atoms with Crippen LogP contribution < -0.4 is 10.5 Å². The first-order chi connectivity index (χ1) is 14.8. The normalized spacial score (nSPS) is 11.9. The fourth-order valence-corrected chi connectivity index (χ4v) is 3.19. The third kappa shape index (κ3) is 5.17. The number of hydrogen-bond acceptors (Lipinski definition) is 6. The fraction of sp³-hybridized carbons (Fsp3) is 0.364. The lowest BCUT2D eigenvalue weighted by atomic mass is 10.0. The predicted molar refractivity (Wildman–Crippen MR) is 115 cm³/mol. The summed E-state index contributed by atoms with van der Waals surface area (Å²) in [6, 6.07) is 5.85. The van der Waals surface area contributed by atoms with E-state index in [9.17, 15) is 9.18 Å². The quantitative estimate of drug-likeness (QED) is 0.593. The molecule has 0 aliphatic rings. The number of aromatic nitrogens is 4. The van der Waals surface area contributed by atoms with Crippen molar-refractivity contribution < 1.29 is 13.9 Å². The highest BCUT2D eigenvalue weighted by Crippen LogP contribution is 2.29. The molecule has 0 aliphatic carbocycles. The van der Waals surface area contributed by atoms with Gasteiger partial charge in [0.2, 0.25) is 0 Å². The van der Waals surface area contributed by atoms with Crippen molar-refractivity contribution in [3.63, 3.8) is 0 Å². The van der Waals surface area contributed by atoms with Gasteiger partial charge in [-0.05, 0) is 50.1 Å². The van der Waals surface area contributed by atoms with Crippen molar-refractivity contribution in [1.29, 1.82) is 0 Å². The summed E-state index contributed by atoms with van der Waals surface area (Å²) < 4.78 is 21.7. The highest BCUT2D eigenvalue weighted by Gasteiger charge is 2.22. The number of anilines is 1. The first kappa shape index (κ1) is 22.2. The van der Waals surface area contributed by atoms with E-state index in [0.29, 0.717) is 29.1 Å². The van der Waals surface area contributed by atoms with Crippen LogP contribution in [0.25, 0.3) is 0 Å². The molecule has 1 amide bonds. The SMILES string of the molecule is CCc1cnc(N)c(OC(C)c2cc(F)ccc2C(=O)N(C)Cc2cn(CC)nn2)c1. The Hall–Kier alpha value is -3.49. The van der Waals surface area contributed by atoms with Crippen molar-refractivity contribution in [2.75, 3.05) is 12.8 Å². The summed E-state index contributed by atoms with van der Waals surface area (Å²) in [6.45, 7) is 6.67. The molecule has 0 bridgehead atoms. The van der Waals surface area contributed by atoms with Crippen LogP contribution in [-0.4, -0.2) is 37.8 Å². The molecule has 0 aliphatic heterocycles. The molecule has 1 aromatic carbocycles. The molecule has 0 fully saturated rings. The number of halogens is 1. The van der Waals surface area contributed by atoms with Gasteiger partial charge < -0.3 is 15.4 Å². The minimum absolute atomic E-state index is 0.240. The lowest BCUT2D eigenvalue weighted by Crippen LogP contribution is -2.28. The van der Waals surface area contributed by atoms with Gasteiger partial charge in [-0.15, -0.1) is 5.10 Å². The summed E-state index contributed by atoms with van der Waals surface area (Å²) in [5, 5.41) is 8.06. The maximum atomic E-state index is 14.1. The van der Waals surface area contributed by atoms with Gasteiger partial charge in [0.15, 0.2) is 11.6 Å². The molecule has 31 heavy (non-hydrogen) atoms. The van der Waals surface area contributed by atoms with Crippen LogP contribution in [0.3, 0.4) is 0 Å². The van der Waals surface area contributed by atoms with Crippen molar-refractivity contribution in [2.45, 2.75) is 46.4 Å². The standard InChI is InChI=1S/C22H27FN6O2/c1-5-15-9-20(21(24)25-11-15)31-14(3)19-10-16(23)7-8-18(19)22(30)28(4)12-17-13-29(6-2)27-26-17/h7-11,13-14H,5-6,12H2,1-4H3,(H2,24,25). The first-order valence-electron chi connectivity index (χ1n) is 10.2. The highest BCUT2D eigenvalue weighted by molar-refractivity contribution is 5.95. The molecule has 2 heterocycles. The van der Waals surface area contributed by atoms with Gasteiger partial charge in [-0.3, -0.25) is 9.48 Å². The van der Waals surface area contributed by atoms with E-state index in [4.69, 9.17) is 10.5 Å². The number of pyridine rings is 1. The van der Waals surface area contributed by atoms with Crippen molar-refractivity contribution >= 4 is 11.7 Å². The zero-order valence-electron chi connectivity index (χ0n) is 18.2. The summed E-state index contributed by atoms with van der Waals surface area (Å²) in [7, 11) is 1.67. The molecule has 2 aromatic heterocycles. The topological polar surface area (TPSA) is 99.2 Å². The second-order valence-corrected chi connectivity index (χ2v) is 7.30. The highest BCUT2D eigenvalue weighted by atomic mass is 19.1. The lowest BCUT2D eigenvalue weighted by molar-refractivity contribution is 0.0778. The maximum absolute atomic E-state index is 14.1. The third-order valence-corrected chi connectivity index (χ3v) is 4.99. The van der Waals surface area contributed by atoms with Crippen LogP contribution >= 0.6 is 0 Å². The second-order valence-electron chi connectivity index (χ2n) is 7.30. The molecule has 3 rings (SSSR count). The maximum Gasteiger partial charge on any atom is 0.254 e. The average molecular weight is 426 g/mol. The zero-order chi connectivity index (χ0) is 22.5. The Labute approximate surface area is 180 Å². The first-order valence-corrected chi connectivity index (χ1v) is 10.2. The van der Waals surface area contributed by atoms with E-state index in [-0.39, 0.29) is 18.3 Å². The van der Waals surface area contributed by atoms with E-state index >= 15 is 0 Å². The Balaban J connectivity index is 1.84. The number of benzene rings is 1. The predicted octanol–water partition coefficient (Wildman–Crippen LogP) is 3.39. The lowest BCUT2D eigenvalue weighted by Gasteiger charge is -2.22. The van der Waals surface area contributed by atoms with Crippen LogP contribution in [-0.2, 0) is 19.5 Å². The van der Waals surface area contributed by atoms with Crippen LogP contribution in [0.15, 0.2) is 36.7 Å². The van der Waals surface area contributed by atoms with E-state index in [0.717, 1.165) is 12.0 Å². The number of aryl methyl sites for hydroxylation is 2. The van der Waals surface area contributed by atoms with E-state index in [2.05, 4.69) is 15.3 Å². The van der Waals surface area contributed by atoms with Gasteiger partial charge in [-0.2, -0.15) is 0 Å². The molecule has 0 saturated heterocycles. The Morgan fingerprint density at radius 1 is 1.32 bits per heavy atom. The average Bonchev–Trinajstić information content (AvgIpc) is 3.22. The van der Waals surface area contributed by atoms with Crippen molar-refractivity contribution in [3.05, 3.63) is 64.9 Å². The largest absolute Gasteiger partial charge is 0.482 e. The number of carbonyl (C=O) groups excluding carboxylic acids is 1. The van der Waals surface area contributed by atoms with E-state index in [1.54, 1.807) is 31.0 Å². The molecular weight excluding hydrogens is 399 g/mol. The Morgan fingerprint density at radius 2 is 2.10 bits per heavy atom. The number of hydrogen-bond donors (Lipinski definition) is 1. The minimum atomic E-state index is -0.625. The fourth-order valence-electron chi connectivity index (χ4n) is 3.19. The summed E-state index contributed by atoms with van der Waals surface area (Å²) in [4.78, 5) is 18.8. The van der Waals surface area contributed by atoms with Gasteiger partial charge in [0.25, 0.3) is 5.91 Å². The molecule has 1 unspecified atom stereocenters. The van der Waals surface area contributed by atoms with Crippen LogP contribution in [0.4, 0.5) is 10.2 Å². The van der Waals surface area contributed by atoms with Crippen LogP contribution in [0.2, 0.25) is 0 Å². The molecular formula is C22H27FN6O2.